The Morgan fingerprint density at radius 3 is 2.56 bits per heavy atom. The number of rotatable bonds is 6. The zero-order valence-corrected chi connectivity index (χ0v) is 22.6. The summed E-state index contributed by atoms with van der Waals surface area (Å²) in [6.07, 6.45) is 3.39. The van der Waals surface area contributed by atoms with Crippen molar-refractivity contribution in [1.82, 2.24) is 0 Å². The molecule has 8 heteroatoms. The maximum atomic E-state index is 13.2. The van der Waals surface area contributed by atoms with Gasteiger partial charge in [0.15, 0.2) is 6.61 Å². The third kappa shape index (κ3) is 3.55. The summed E-state index contributed by atoms with van der Waals surface area (Å²) in [7, 11) is -4.12. The van der Waals surface area contributed by atoms with Crippen molar-refractivity contribution in [1.29, 1.82) is 0 Å². The van der Waals surface area contributed by atoms with Crippen molar-refractivity contribution in [2.45, 2.75) is 83.2 Å². The Labute approximate surface area is 214 Å². The zero-order chi connectivity index (χ0) is 26.3. The van der Waals surface area contributed by atoms with Gasteiger partial charge in [-0.05, 0) is 55.6 Å². The van der Waals surface area contributed by atoms with E-state index in [2.05, 4.69) is 27.4 Å². The number of hydrogen-bond acceptors (Lipinski definition) is 7. The minimum Gasteiger partial charge on any atom is -0.459 e. The lowest BCUT2D eigenvalue weighted by Gasteiger charge is -2.57. The molecule has 3 saturated carbocycles. The van der Waals surface area contributed by atoms with Crippen LogP contribution in [0.2, 0.25) is 0 Å². The number of aliphatic hydroxyl groups excluding tert-OH is 1. The molecule has 0 aromatic heterocycles. The summed E-state index contributed by atoms with van der Waals surface area (Å²) in [5.74, 6) is -0.484. The van der Waals surface area contributed by atoms with Gasteiger partial charge < -0.3 is 14.6 Å². The second-order valence-corrected chi connectivity index (χ2v) is 13.7. The summed E-state index contributed by atoms with van der Waals surface area (Å²) in [6, 6.07) is 6.24. The fourth-order valence-electron chi connectivity index (χ4n) is 8.12. The standard InChI is InChI=1S/C28H38O7S/c1-7-26(5)24(30)18(4)28-13-12-17(3)27(6,23(28)22-20(14-28)34-22)25(26)35-21(29)15-33-36(31,32)19-10-8-16(2)9-11-19/h7-11,17-18,20,22-25,30H,1,12-15H2,2-6H3/t17?,18-,20?,22?,23-,24-,25+,26-,27+,28-/m0/s1. The predicted molar refractivity (Wildman–Crippen MR) is 133 cm³/mol. The molecular weight excluding hydrogens is 480 g/mol. The van der Waals surface area contributed by atoms with Gasteiger partial charge in [0.1, 0.15) is 6.10 Å². The van der Waals surface area contributed by atoms with Crippen LogP contribution in [-0.4, -0.2) is 50.5 Å². The number of esters is 1. The second kappa shape index (κ2) is 8.38. The molecule has 36 heavy (non-hydrogen) atoms. The average molecular weight is 519 g/mol. The van der Waals surface area contributed by atoms with Gasteiger partial charge in [-0.2, -0.15) is 8.42 Å². The van der Waals surface area contributed by atoms with Crippen LogP contribution in [0.15, 0.2) is 41.8 Å². The third-order valence-electron chi connectivity index (χ3n) is 10.4. The first-order chi connectivity index (χ1) is 16.8. The first kappa shape index (κ1) is 25.9. The van der Waals surface area contributed by atoms with E-state index in [4.69, 9.17) is 13.7 Å². The normalized spacial score (nSPS) is 45.2. The summed E-state index contributed by atoms with van der Waals surface area (Å²) in [4.78, 5) is 13.2. The lowest BCUT2D eigenvalue weighted by atomic mass is 9.48. The van der Waals surface area contributed by atoms with Gasteiger partial charge in [-0.15, -0.1) is 6.58 Å². The Bertz CT molecular complexity index is 1160. The smallest absolute Gasteiger partial charge is 0.333 e. The Hall–Kier alpha value is -1.74. The molecule has 0 spiro atoms. The number of epoxide rings is 1. The monoisotopic (exact) mass is 518 g/mol. The van der Waals surface area contributed by atoms with Crippen molar-refractivity contribution in [3.8, 4) is 0 Å². The van der Waals surface area contributed by atoms with Crippen LogP contribution in [-0.2, 0) is 28.6 Å². The van der Waals surface area contributed by atoms with Gasteiger partial charge in [0.25, 0.3) is 10.1 Å². The lowest BCUT2D eigenvalue weighted by Crippen LogP contribution is -2.58. The van der Waals surface area contributed by atoms with E-state index in [1.54, 1.807) is 18.2 Å². The molecule has 198 valence electrons. The van der Waals surface area contributed by atoms with Crippen LogP contribution < -0.4 is 0 Å². The molecule has 5 rings (SSSR count). The summed E-state index contributed by atoms with van der Waals surface area (Å²) in [5, 5.41) is 11.8. The number of carbonyl (C=O) groups excluding carboxylic acids is 1. The number of aliphatic hydroxyl groups is 1. The summed E-state index contributed by atoms with van der Waals surface area (Å²) >= 11 is 0. The van der Waals surface area contributed by atoms with Gasteiger partial charge in [0.2, 0.25) is 0 Å². The Morgan fingerprint density at radius 1 is 1.25 bits per heavy atom. The SMILES string of the molecule is C=C[C@]1(C)[C@@H](OC(=O)COS(=O)(=O)c2ccc(C)cc2)[C@]2(C)C(C)CC[C@]3(CC4OC4[C@H]32)[C@@H](C)[C@@H]1O. The molecule has 1 saturated heterocycles. The number of hydrogen-bond donors (Lipinski definition) is 1. The molecule has 10 atom stereocenters. The molecule has 1 aliphatic heterocycles. The van der Waals surface area contributed by atoms with Gasteiger partial charge in [0, 0.05) is 16.7 Å². The Kier molecular flexibility index (Phi) is 6.03. The van der Waals surface area contributed by atoms with Crippen LogP contribution >= 0.6 is 0 Å². The molecule has 4 fully saturated rings. The highest BCUT2D eigenvalue weighted by Crippen LogP contribution is 2.74. The zero-order valence-electron chi connectivity index (χ0n) is 21.8. The number of ether oxygens (including phenoxy) is 2. The van der Waals surface area contributed by atoms with Crippen LogP contribution in [0, 0.1) is 40.9 Å². The number of benzene rings is 1. The summed E-state index contributed by atoms with van der Waals surface area (Å²) < 4.78 is 42.6. The summed E-state index contributed by atoms with van der Waals surface area (Å²) in [5.41, 5.74) is -0.600. The molecule has 2 bridgehead atoms. The molecule has 0 radical (unpaired) electrons. The molecule has 4 aliphatic rings. The topological polar surface area (TPSA) is 102 Å². The molecule has 1 aromatic rings. The van der Waals surface area contributed by atoms with Crippen LogP contribution in [0.1, 0.15) is 52.5 Å². The second-order valence-electron chi connectivity index (χ2n) is 12.1. The van der Waals surface area contributed by atoms with E-state index >= 15 is 0 Å². The van der Waals surface area contributed by atoms with Crippen LogP contribution in [0.5, 0.6) is 0 Å². The average Bonchev–Trinajstić information content (AvgIpc) is 3.51. The van der Waals surface area contributed by atoms with Crippen molar-refractivity contribution >= 4 is 16.1 Å². The van der Waals surface area contributed by atoms with Crippen LogP contribution in [0.25, 0.3) is 0 Å². The minimum atomic E-state index is -4.12. The first-order valence-corrected chi connectivity index (χ1v) is 14.3. The minimum absolute atomic E-state index is 0.0175. The van der Waals surface area contributed by atoms with E-state index in [0.29, 0.717) is 0 Å². The lowest BCUT2D eigenvalue weighted by molar-refractivity contribution is -0.191. The number of carbonyl (C=O) groups is 1. The highest BCUT2D eigenvalue weighted by atomic mass is 32.2. The van der Waals surface area contributed by atoms with Gasteiger partial charge in [-0.3, -0.25) is 4.18 Å². The first-order valence-electron chi connectivity index (χ1n) is 12.9. The Morgan fingerprint density at radius 2 is 1.92 bits per heavy atom. The van der Waals surface area contributed by atoms with Crippen LogP contribution in [0.3, 0.4) is 0 Å². The van der Waals surface area contributed by atoms with E-state index in [9.17, 15) is 18.3 Å². The highest BCUT2D eigenvalue weighted by molar-refractivity contribution is 7.86. The third-order valence-corrected chi connectivity index (χ3v) is 11.7. The van der Waals surface area contributed by atoms with Gasteiger partial charge in [-0.25, -0.2) is 4.79 Å². The van der Waals surface area contributed by atoms with Gasteiger partial charge in [0.05, 0.1) is 23.2 Å². The fourth-order valence-corrected chi connectivity index (χ4v) is 8.98. The molecular formula is C28H38O7S. The molecule has 7 nitrogen and oxygen atoms in total. The van der Waals surface area contributed by atoms with Crippen molar-refractivity contribution in [3.63, 3.8) is 0 Å². The molecule has 1 aromatic carbocycles. The van der Waals surface area contributed by atoms with Crippen molar-refractivity contribution in [2.24, 2.45) is 34.0 Å². The van der Waals surface area contributed by atoms with Crippen molar-refractivity contribution in [3.05, 3.63) is 42.5 Å². The maximum Gasteiger partial charge on any atom is 0.333 e. The summed E-state index contributed by atoms with van der Waals surface area (Å²) in [6.45, 7) is 13.5. The van der Waals surface area contributed by atoms with E-state index in [-0.39, 0.29) is 40.3 Å². The molecule has 1 N–H and O–H groups in total. The highest BCUT2D eigenvalue weighted by Gasteiger charge is 2.77. The van der Waals surface area contributed by atoms with Gasteiger partial charge >= 0.3 is 5.97 Å². The maximum absolute atomic E-state index is 13.2. The molecule has 3 aliphatic carbocycles. The van der Waals surface area contributed by atoms with E-state index < -0.39 is 45.7 Å². The van der Waals surface area contributed by atoms with Crippen molar-refractivity contribution < 1.29 is 32.0 Å². The number of fused-ring (bicyclic) bond motifs is 1. The largest absolute Gasteiger partial charge is 0.459 e. The number of aryl methyl sites for hydroxylation is 1. The molecule has 1 heterocycles. The van der Waals surface area contributed by atoms with E-state index in [0.717, 1.165) is 24.8 Å². The van der Waals surface area contributed by atoms with E-state index in [1.807, 2.05) is 13.8 Å². The quantitative estimate of drug-likeness (QED) is 0.263. The van der Waals surface area contributed by atoms with Gasteiger partial charge in [-0.1, -0.05) is 51.5 Å². The van der Waals surface area contributed by atoms with E-state index in [1.165, 1.54) is 12.1 Å². The molecule has 3 unspecified atom stereocenters. The van der Waals surface area contributed by atoms with Crippen LogP contribution in [0.4, 0.5) is 0 Å². The van der Waals surface area contributed by atoms with Crippen molar-refractivity contribution in [2.75, 3.05) is 6.61 Å². The Balaban J connectivity index is 1.46. The molecule has 0 amide bonds. The predicted octanol–water partition coefficient (Wildman–Crippen LogP) is 4.02. The fraction of sp³-hybridized carbons (Fsp3) is 0.679.